The molecular weight excluding hydrogens is 316 g/mol. The zero-order valence-electron chi connectivity index (χ0n) is 14.5. The van der Waals surface area contributed by atoms with Crippen LogP contribution in [0.25, 0.3) is 11.4 Å². The maximum absolute atomic E-state index is 5.75. The first-order valence-corrected chi connectivity index (χ1v) is 8.87. The number of anilines is 1. The maximum atomic E-state index is 5.75. The molecule has 25 heavy (non-hydrogen) atoms. The van der Waals surface area contributed by atoms with Crippen molar-refractivity contribution in [3.63, 3.8) is 0 Å². The van der Waals surface area contributed by atoms with Gasteiger partial charge in [0, 0.05) is 30.4 Å². The molecule has 2 aliphatic rings. The van der Waals surface area contributed by atoms with Gasteiger partial charge >= 0.3 is 0 Å². The van der Waals surface area contributed by atoms with Crippen LogP contribution in [0.15, 0.2) is 36.4 Å². The van der Waals surface area contributed by atoms with Gasteiger partial charge in [-0.3, -0.25) is 4.90 Å². The van der Waals surface area contributed by atoms with Crippen molar-refractivity contribution < 1.29 is 9.47 Å². The molecule has 2 saturated heterocycles. The van der Waals surface area contributed by atoms with Crippen LogP contribution in [0, 0.1) is 6.92 Å². The largest absolute Gasteiger partial charge is 0.379 e. The fraction of sp³-hybridized carbons (Fsp3) is 0.474. The van der Waals surface area contributed by atoms with Crippen molar-refractivity contribution in [1.82, 2.24) is 14.9 Å². The molecule has 1 N–H and O–H groups in total. The number of nitrogens with one attached hydrogen (secondary N) is 1. The van der Waals surface area contributed by atoms with E-state index >= 15 is 0 Å². The van der Waals surface area contributed by atoms with E-state index in [1.54, 1.807) is 0 Å². The van der Waals surface area contributed by atoms with Crippen molar-refractivity contribution in [2.24, 2.45) is 0 Å². The minimum absolute atomic E-state index is 0.232. The Morgan fingerprint density at radius 1 is 1.04 bits per heavy atom. The Bertz CT molecular complexity index is 704. The summed E-state index contributed by atoms with van der Waals surface area (Å²) in [6.45, 7) is 6.99. The average Bonchev–Trinajstić information content (AvgIpc) is 3.11. The fourth-order valence-corrected chi connectivity index (χ4v) is 3.50. The molecule has 0 aliphatic carbocycles. The molecule has 0 bridgehead atoms. The van der Waals surface area contributed by atoms with Crippen molar-refractivity contribution in [2.75, 3.05) is 44.8 Å². The number of hydrogen-bond acceptors (Lipinski definition) is 6. The van der Waals surface area contributed by atoms with E-state index in [0.29, 0.717) is 12.6 Å². The standard InChI is InChI=1S/C19H24N4O2/c1-14-11-18(22-19(20-14)15-5-3-2-4-6-15)21-16-12-25-13-17(16)23-7-9-24-10-8-23/h2-6,11,16-17H,7-10,12-13H2,1H3,(H,20,21,22). The van der Waals surface area contributed by atoms with E-state index in [4.69, 9.17) is 14.5 Å². The van der Waals surface area contributed by atoms with Gasteiger partial charge < -0.3 is 14.8 Å². The van der Waals surface area contributed by atoms with Crippen LogP contribution < -0.4 is 5.32 Å². The highest BCUT2D eigenvalue weighted by Crippen LogP contribution is 2.21. The molecule has 6 nitrogen and oxygen atoms in total. The van der Waals surface area contributed by atoms with Gasteiger partial charge in [-0.25, -0.2) is 9.97 Å². The Hall–Kier alpha value is -2.02. The monoisotopic (exact) mass is 340 g/mol. The zero-order chi connectivity index (χ0) is 17.1. The minimum atomic E-state index is 0.232. The first-order valence-electron chi connectivity index (χ1n) is 8.87. The number of benzene rings is 1. The quantitative estimate of drug-likeness (QED) is 0.918. The SMILES string of the molecule is Cc1cc(NC2COCC2N2CCOCC2)nc(-c2ccccc2)n1. The van der Waals surface area contributed by atoms with Crippen molar-refractivity contribution in [2.45, 2.75) is 19.0 Å². The van der Waals surface area contributed by atoms with E-state index in [9.17, 15) is 0 Å². The number of rotatable bonds is 4. The third-order valence-electron chi connectivity index (χ3n) is 4.78. The maximum Gasteiger partial charge on any atom is 0.161 e. The highest BCUT2D eigenvalue weighted by Gasteiger charge is 2.34. The lowest BCUT2D eigenvalue weighted by molar-refractivity contribution is 0.0130. The van der Waals surface area contributed by atoms with Gasteiger partial charge in [-0.05, 0) is 6.92 Å². The summed E-state index contributed by atoms with van der Waals surface area (Å²) >= 11 is 0. The molecule has 2 unspecified atom stereocenters. The molecule has 2 fully saturated rings. The van der Waals surface area contributed by atoms with E-state index < -0.39 is 0 Å². The molecule has 4 rings (SSSR count). The number of nitrogens with zero attached hydrogens (tertiary/aromatic N) is 3. The van der Waals surface area contributed by atoms with E-state index in [2.05, 4.69) is 15.2 Å². The predicted molar refractivity (Wildman–Crippen MR) is 96.6 cm³/mol. The summed E-state index contributed by atoms with van der Waals surface area (Å²) in [5.41, 5.74) is 1.99. The van der Waals surface area contributed by atoms with Crippen LogP contribution >= 0.6 is 0 Å². The average molecular weight is 340 g/mol. The molecular formula is C19H24N4O2. The molecule has 1 aromatic heterocycles. The topological polar surface area (TPSA) is 59.5 Å². The number of morpholine rings is 1. The highest BCUT2D eigenvalue weighted by molar-refractivity contribution is 5.57. The van der Waals surface area contributed by atoms with Gasteiger partial charge in [-0.15, -0.1) is 0 Å². The van der Waals surface area contributed by atoms with Crippen LogP contribution in [0.3, 0.4) is 0 Å². The zero-order valence-corrected chi connectivity index (χ0v) is 14.5. The summed E-state index contributed by atoms with van der Waals surface area (Å²) < 4.78 is 11.2. The van der Waals surface area contributed by atoms with Crippen molar-refractivity contribution in [3.05, 3.63) is 42.1 Å². The molecule has 6 heteroatoms. The van der Waals surface area contributed by atoms with Crippen molar-refractivity contribution in [3.8, 4) is 11.4 Å². The first-order chi connectivity index (χ1) is 12.3. The normalized spacial score (nSPS) is 24.4. The first kappa shape index (κ1) is 16.4. The summed E-state index contributed by atoms with van der Waals surface area (Å²) in [7, 11) is 0. The third kappa shape index (κ3) is 3.81. The van der Waals surface area contributed by atoms with E-state index in [-0.39, 0.29) is 6.04 Å². The molecule has 3 heterocycles. The fourth-order valence-electron chi connectivity index (χ4n) is 3.50. The smallest absolute Gasteiger partial charge is 0.161 e. The van der Waals surface area contributed by atoms with Gasteiger partial charge in [0.05, 0.1) is 38.5 Å². The highest BCUT2D eigenvalue weighted by atomic mass is 16.5. The number of ether oxygens (including phenoxy) is 2. The Kier molecular flexibility index (Phi) is 4.92. The molecule has 0 radical (unpaired) electrons. The number of aromatic nitrogens is 2. The summed E-state index contributed by atoms with van der Waals surface area (Å²) in [6, 6.07) is 12.7. The van der Waals surface area contributed by atoms with Gasteiger partial charge in [0.25, 0.3) is 0 Å². The Morgan fingerprint density at radius 2 is 1.84 bits per heavy atom. The van der Waals surface area contributed by atoms with Gasteiger partial charge in [-0.2, -0.15) is 0 Å². The van der Waals surface area contributed by atoms with Gasteiger partial charge in [-0.1, -0.05) is 30.3 Å². The van der Waals surface area contributed by atoms with Crippen molar-refractivity contribution >= 4 is 5.82 Å². The van der Waals surface area contributed by atoms with Crippen LogP contribution in [0.2, 0.25) is 0 Å². The Labute approximate surface area is 148 Å². The molecule has 132 valence electrons. The van der Waals surface area contributed by atoms with E-state index in [1.807, 2.05) is 43.3 Å². The third-order valence-corrected chi connectivity index (χ3v) is 4.78. The second kappa shape index (κ2) is 7.47. The van der Waals surface area contributed by atoms with Crippen LogP contribution in [0.5, 0.6) is 0 Å². The molecule has 1 aromatic carbocycles. The van der Waals surface area contributed by atoms with Crippen molar-refractivity contribution in [1.29, 1.82) is 0 Å². The predicted octanol–water partition coefficient (Wildman–Crippen LogP) is 1.96. The number of hydrogen-bond donors (Lipinski definition) is 1. The minimum Gasteiger partial charge on any atom is -0.379 e. The second-order valence-electron chi connectivity index (χ2n) is 6.59. The van der Waals surface area contributed by atoms with E-state index in [0.717, 1.165) is 55.8 Å². The number of aryl methyl sites for hydroxylation is 1. The van der Waals surface area contributed by atoms with Gasteiger partial charge in [0.1, 0.15) is 5.82 Å². The van der Waals surface area contributed by atoms with Gasteiger partial charge in [0.15, 0.2) is 5.82 Å². The molecule has 2 aliphatic heterocycles. The molecule has 2 atom stereocenters. The lowest BCUT2D eigenvalue weighted by Gasteiger charge is -2.34. The van der Waals surface area contributed by atoms with Gasteiger partial charge in [0.2, 0.25) is 0 Å². The van der Waals surface area contributed by atoms with Crippen LogP contribution in [0.1, 0.15) is 5.69 Å². The molecule has 0 saturated carbocycles. The van der Waals surface area contributed by atoms with Crippen LogP contribution in [0.4, 0.5) is 5.82 Å². The summed E-state index contributed by atoms with van der Waals surface area (Å²) in [5, 5.41) is 3.58. The lowest BCUT2D eigenvalue weighted by Crippen LogP contribution is -2.50. The summed E-state index contributed by atoms with van der Waals surface area (Å²) in [6.07, 6.45) is 0. The Balaban J connectivity index is 1.52. The lowest BCUT2D eigenvalue weighted by atomic mass is 10.1. The Morgan fingerprint density at radius 3 is 2.64 bits per heavy atom. The van der Waals surface area contributed by atoms with Crippen LogP contribution in [-0.2, 0) is 9.47 Å². The molecule has 0 spiro atoms. The second-order valence-corrected chi connectivity index (χ2v) is 6.59. The summed E-state index contributed by atoms with van der Waals surface area (Å²) in [4.78, 5) is 11.8. The summed E-state index contributed by atoms with van der Waals surface area (Å²) in [5.74, 6) is 1.62. The van der Waals surface area contributed by atoms with E-state index in [1.165, 1.54) is 0 Å². The molecule has 2 aromatic rings. The van der Waals surface area contributed by atoms with Crippen LogP contribution in [-0.4, -0.2) is 66.5 Å². The molecule has 0 amide bonds.